The van der Waals surface area contributed by atoms with E-state index in [1.807, 2.05) is 26.0 Å². The SMILES string of the molecule is Cc1cc(C)c(NCC2(C(=O)O)CCC2)c(Cl)c1. The molecule has 18 heavy (non-hydrogen) atoms. The molecule has 4 heteroatoms. The molecule has 0 radical (unpaired) electrons. The molecule has 3 nitrogen and oxygen atoms in total. The van der Waals surface area contributed by atoms with Crippen LogP contribution in [0.25, 0.3) is 0 Å². The van der Waals surface area contributed by atoms with E-state index in [1.54, 1.807) is 0 Å². The van der Waals surface area contributed by atoms with Crippen molar-refractivity contribution in [2.45, 2.75) is 33.1 Å². The van der Waals surface area contributed by atoms with E-state index in [0.29, 0.717) is 11.6 Å². The fourth-order valence-corrected chi connectivity index (χ4v) is 2.85. The molecule has 98 valence electrons. The third-order valence-electron chi connectivity index (χ3n) is 3.80. The minimum absolute atomic E-state index is 0.450. The molecule has 0 bridgehead atoms. The van der Waals surface area contributed by atoms with Crippen LogP contribution in [-0.4, -0.2) is 17.6 Å². The highest BCUT2D eigenvalue weighted by Crippen LogP contribution is 2.41. The van der Waals surface area contributed by atoms with Crippen molar-refractivity contribution in [3.8, 4) is 0 Å². The molecule has 1 fully saturated rings. The number of aryl methyl sites for hydroxylation is 2. The van der Waals surface area contributed by atoms with Crippen molar-refractivity contribution >= 4 is 23.3 Å². The maximum atomic E-state index is 11.3. The van der Waals surface area contributed by atoms with Gasteiger partial charge in [0, 0.05) is 6.54 Å². The number of benzene rings is 1. The van der Waals surface area contributed by atoms with Gasteiger partial charge in [-0.25, -0.2) is 0 Å². The first-order valence-electron chi connectivity index (χ1n) is 6.19. The lowest BCUT2D eigenvalue weighted by molar-refractivity contribution is -0.153. The lowest BCUT2D eigenvalue weighted by Crippen LogP contribution is -2.43. The van der Waals surface area contributed by atoms with Crippen molar-refractivity contribution in [3.63, 3.8) is 0 Å². The summed E-state index contributed by atoms with van der Waals surface area (Å²) in [6, 6.07) is 3.94. The molecule has 2 rings (SSSR count). The zero-order valence-corrected chi connectivity index (χ0v) is 11.5. The van der Waals surface area contributed by atoms with Gasteiger partial charge in [0.05, 0.1) is 16.1 Å². The average Bonchev–Trinajstić information content (AvgIpc) is 2.18. The first-order valence-corrected chi connectivity index (χ1v) is 6.56. The zero-order chi connectivity index (χ0) is 13.3. The van der Waals surface area contributed by atoms with Crippen molar-refractivity contribution in [3.05, 3.63) is 28.3 Å². The molecule has 0 aliphatic heterocycles. The van der Waals surface area contributed by atoms with Crippen LogP contribution in [0, 0.1) is 19.3 Å². The van der Waals surface area contributed by atoms with Crippen LogP contribution >= 0.6 is 11.6 Å². The smallest absolute Gasteiger partial charge is 0.311 e. The summed E-state index contributed by atoms with van der Waals surface area (Å²) in [5, 5.41) is 13.2. The Kier molecular flexibility index (Phi) is 3.53. The molecule has 1 saturated carbocycles. The van der Waals surface area contributed by atoms with E-state index >= 15 is 0 Å². The summed E-state index contributed by atoms with van der Waals surface area (Å²) in [5.41, 5.74) is 2.43. The second kappa shape index (κ2) is 4.81. The van der Waals surface area contributed by atoms with E-state index in [9.17, 15) is 9.90 Å². The Morgan fingerprint density at radius 3 is 2.56 bits per heavy atom. The maximum Gasteiger partial charge on any atom is 0.311 e. The standard InChI is InChI=1S/C14H18ClNO2/c1-9-6-10(2)12(11(15)7-9)16-8-14(13(17)18)4-3-5-14/h6-7,16H,3-5,8H2,1-2H3,(H,17,18). The van der Waals surface area contributed by atoms with Gasteiger partial charge in [0.25, 0.3) is 0 Å². The summed E-state index contributed by atoms with van der Waals surface area (Å²) in [7, 11) is 0. The molecule has 0 aromatic heterocycles. The van der Waals surface area contributed by atoms with Crippen LogP contribution < -0.4 is 5.32 Å². The van der Waals surface area contributed by atoms with Gasteiger partial charge >= 0.3 is 5.97 Å². The summed E-state index contributed by atoms with van der Waals surface area (Å²) in [5.74, 6) is -0.706. The lowest BCUT2D eigenvalue weighted by atomic mass is 9.69. The molecule has 1 aliphatic carbocycles. The van der Waals surface area contributed by atoms with Crippen LogP contribution in [0.4, 0.5) is 5.69 Å². The summed E-state index contributed by atoms with van der Waals surface area (Å²) in [6.07, 6.45) is 2.49. The van der Waals surface area contributed by atoms with Crippen LogP contribution in [0.2, 0.25) is 5.02 Å². The van der Waals surface area contributed by atoms with Gasteiger partial charge in [0.1, 0.15) is 0 Å². The molecule has 0 amide bonds. The Labute approximate surface area is 112 Å². The summed E-state index contributed by atoms with van der Waals surface area (Å²) >= 11 is 6.19. The molecule has 2 N–H and O–H groups in total. The average molecular weight is 268 g/mol. The highest BCUT2D eigenvalue weighted by atomic mass is 35.5. The van der Waals surface area contributed by atoms with Crippen molar-refractivity contribution in [2.75, 3.05) is 11.9 Å². The molecular weight excluding hydrogens is 250 g/mol. The minimum Gasteiger partial charge on any atom is -0.481 e. The number of nitrogens with one attached hydrogen (secondary N) is 1. The van der Waals surface area contributed by atoms with Crippen LogP contribution in [0.1, 0.15) is 30.4 Å². The van der Waals surface area contributed by atoms with E-state index in [2.05, 4.69) is 5.32 Å². The van der Waals surface area contributed by atoms with Crippen LogP contribution in [0.15, 0.2) is 12.1 Å². The molecular formula is C14H18ClNO2. The molecule has 0 heterocycles. The summed E-state index contributed by atoms with van der Waals surface area (Å²) < 4.78 is 0. The predicted octanol–water partition coefficient (Wildman–Crippen LogP) is 3.62. The van der Waals surface area contributed by atoms with Gasteiger partial charge in [-0.15, -0.1) is 0 Å². The molecule has 1 aliphatic rings. The van der Waals surface area contributed by atoms with E-state index < -0.39 is 11.4 Å². The number of halogens is 1. The van der Waals surface area contributed by atoms with Gasteiger partial charge < -0.3 is 10.4 Å². The molecule has 1 aromatic carbocycles. The second-order valence-corrected chi connectivity index (χ2v) is 5.64. The first-order chi connectivity index (χ1) is 8.44. The molecule has 0 unspecified atom stereocenters. The Morgan fingerprint density at radius 1 is 1.44 bits per heavy atom. The number of anilines is 1. The maximum absolute atomic E-state index is 11.3. The van der Waals surface area contributed by atoms with Gasteiger partial charge in [-0.2, -0.15) is 0 Å². The number of carboxylic acids is 1. The normalized spacial score (nSPS) is 17.1. The summed E-state index contributed by atoms with van der Waals surface area (Å²) in [4.78, 5) is 11.3. The van der Waals surface area contributed by atoms with E-state index in [-0.39, 0.29) is 0 Å². The van der Waals surface area contributed by atoms with Crippen LogP contribution in [-0.2, 0) is 4.79 Å². The van der Waals surface area contributed by atoms with Gasteiger partial charge in [-0.3, -0.25) is 4.79 Å². The zero-order valence-electron chi connectivity index (χ0n) is 10.7. The fraction of sp³-hybridized carbons (Fsp3) is 0.500. The Bertz CT molecular complexity index is 458. The third-order valence-corrected chi connectivity index (χ3v) is 4.10. The number of carbonyl (C=O) groups is 1. The molecule has 1 aromatic rings. The number of aliphatic carboxylic acids is 1. The quantitative estimate of drug-likeness (QED) is 0.876. The Morgan fingerprint density at radius 2 is 2.11 bits per heavy atom. The van der Waals surface area contributed by atoms with Crippen molar-refractivity contribution in [1.29, 1.82) is 0 Å². The van der Waals surface area contributed by atoms with E-state index in [1.165, 1.54) is 0 Å². The Hall–Kier alpha value is -1.22. The highest BCUT2D eigenvalue weighted by molar-refractivity contribution is 6.33. The predicted molar refractivity (Wildman–Crippen MR) is 73.3 cm³/mol. The van der Waals surface area contributed by atoms with Gasteiger partial charge in [0.15, 0.2) is 0 Å². The number of hydrogen-bond acceptors (Lipinski definition) is 2. The Balaban J connectivity index is 2.13. The van der Waals surface area contributed by atoms with Crippen molar-refractivity contribution in [2.24, 2.45) is 5.41 Å². The van der Waals surface area contributed by atoms with Gasteiger partial charge in [0.2, 0.25) is 0 Å². The lowest BCUT2D eigenvalue weighted by Gasteiger charge is -2.38. The number of hydrogen-bond donors (Lipinski definition) is 2. The van der Waals surface area contributed by atoms with Crippen LogP contribution in [0.3, 0.4) is 0 Å². The molecule has 0 atom stereocenters. The largest absolute Gasteiger partial charge is 0.481 e. The second-order valence-electron chi connectivity index (χ2n) is 5.23. The third kappa shape index (κ3) is 2.32. The van der Waals surface area contributed by atoms with Crippen LogP contribution in [0.5, 0.6) is 0 Å². The first kappa shape index (κ1) is 13.2. The molecule has 0 spiro atoms. The van der Waals surface area contributed by atoms with Crippen molar-refractivity contribution < 1.29 is 9.90 Å². The minimum atomic E-state index is -0.706. The van der Waals surface area contributed by atoms with Crippen molar-refractivity contribution in [1.82, 2.24) is 0 Å². The molecule has 0 saturated heterocycles. The number of rotatable bonds is 4. The fourth-order valence-electron chi connectivity index (χ4n) is 2.47. The van der Waals surface area contributed by atoms with E-state index in [4.69, 9.17) is 11.6 Å². The summed E-state index contributed by atoms with van der Waals surface area (Å²) in [6.45, 7) is 4.43. The van der Waals surface area contributed by atoms with E-state index in [0.717, 1.165) is 36.1 Å². The topological polar surface area (TPSA) is 49.3 Å². The number of carboxylic acid groups (broad SMARTS) is 1. The van der Waals surface area contributed by atoms with Gasteiger partial charge in [-0.05, 0) is 43.9 Å². The van der Waals surface area contributed by atoms with Gasteiger partial charge in [-0.1, -0.05) is 24.1 Å². The highest BCUT2D eigenvalue weighted by Gasteiger charge is 2.44. The monoisotopic (exact) mass is 267 g/mol.